The van der Waals surface area contributed by atoms with E-state index in [0.717, 1.165) is 5.56 Å². The zero-order valence-electron chi connectivity index (χ0n) is 7.15. The van der Waals surface area contributed by atoms with Gasteiger partial charge in [0.15, 0.2) is 0 Å². The summed E-state index contributed by atoms with van der Waals surface area (Å²) in [6.45, 7) is 0. The van der Waals surface area contributed by atoms with Crippen molar-refractivity contribution in [2.75, 3.05) is 0 Å². The molecule has 1 heterocycles. The summed E-state index contributed by atoms with van der Waals surface area (Å²) >= 11 is 0. The molecule has 0 aliphatic heterocycles. The molecule has 1 aromatic carbocycles. The zero-order valence-corrected chi connectivity index (χ0v) is 7.97. The Hall–Kier alpha value is -1.68. The number of aromatic amines is 2. The molecule has 0 saturated carbocycles. The Balaban J connectivity index is 0.000000980. The average Bonchev–Trinajstić information content (AvgIpc) is 2.49. The largest absolute Gasteiger partial charge is 0.501 e. The van der Waals surface area contributed by atoms with Crippen molar-refractivity contribution in [1.82, 2.24) is 10.2 Å². The van der Waals surface area contributed by atoms with Crippen LogP contribution in [-0.2, 0) is 0 Å². The number of benzene rings is 1. The number of H-pyrrole nitrogens is 2. The molecule has 0 amide bonds. The maximum atomic E-state index is 10.9. The van der Waals surface area contributed by atoms with Crippen LogP contribution >= 0.6 is 12.4 Å². The van der Waals surface area contributed by atoms with Crippen LogP contribution in [0.3, 0.4) is 0 Å². The molecule has 4 nitrogen and oxygen atoms in total. The van der Waals surface area contributed by atoms with Crippen LogP contribution < -0.4 is 5.56 Å². The molecular formula is C9H9ClN2O2. The second-order valence-electron chi connectivity index (χ2n) is 2.67. The first-order valence-corrected chi connectivity index (χ1v) is 3.84. The molecule has 2 rings (SSSR count). The molecule has 5 heteroatoms. The molecule has 0 radical (unpaired) electrons. The zero-order chi connectivity index (χ0) is 9.26. The summed E-state index contributed by atoms with van der Waals surface area (Å²) in [7, 11) is 0. The summed E-state index contributed by atoms with van der Waals surface area (Å²) in [6, 6.07) is 9.14. The molecule has 0 fully saturated rings. The molecular weight excluding hydrogens is 204 g/mol. The second-order valence-corrected chi connectivity index (χ2v) is 2.67. The summed E-state index contributed by atoms with van der Waals surface area (Å²) in [4.78, 5) is 10.9. The summed E-state index contributed by atoms with van der Waals surface area (Å²) in [5.41, 5.74) is 0.697. The first-order valence-electron chi connectivity index (χ1n) is 3.84. The first kappa shape index (κ1) is 10.4. The Bertz CT molecular complexity index is 461. The topological polar surface area (TPSA) is 68.9 Å². The summed E-state index contributed by atoms with van der Waals surface area (Å²) in [5.74, 6) is -0.272. The van der Waals surface area contributed by atoms with Gasteiger partial charge in [-0.25, -0.2) is 0 Å². The maximum Gasteiger partial charge on any atom is 0.306 e. The smallest absolute Gasteiger partial charge is 0.306 e. The van der Waals surface area contributed by atoms with E-state index in [-0.39, 0.29) is 18.2 Å². The molecule has 14 heavy (non-hydrogen) atoms. The lowest BCUT2D eigenvalue weighted by molar-refractivity contribution is 0.472. The highest BCUT2D eigenvalue weighted by molar-refractivity contribution is 5.85. The predicted molar refractivity (Wildman–Crippen MR) is 55.8 cm³/mol. The number of hydrogen-bond acceptors (Lipinski definition) is 2. The third kappa shape index (κ3) is 1.65. The van der Waals surface area contributed by atoms with E-state index in [1.54, 1.807) is 12.1 Å². The van der Waals surface area contributed by atoms with Crippen LogP contribution in [0.25, 0.3) is 11.3 Å². The van der Waals surface area contributed by atoms with Gasteiger partial charge in [0.25, 0.3) is 0 Å². The fourth-order valence-corrected chi connectivity index (χ4v) is 1.16. The van der Waals surface area contributed by atoms with E-state index < -0.39 is 5.56 Å². The number of aromatic nitrogens is 2. The van der Waals surface area contributed by atoms with E-state index in [9.17, 15) is 9.90 Å². The van der Waals surface area contributed by atoms with E-state index in [4.69, 9.17) is 0 Å². The van der Waals surface area contributed by atoms with Crippen molar-refractivity contribution in [2.45, 2.75) is 0 Å². The highest BCUT2D eigenvalue weighted by Gasteiger charge is 2.08. The fourth-order valence-electron chi connectivity index (χ4n) is 1.16. The van der Waals surface area contributed by atoms with Crippen molar-refractivity contribution in [3.63, 3.8) is 0 Å². The third-order valence-electron chi connectivity index (χ3n) is 1.82. The summed E-state index contributed by atoms with van der Waals surface area (Å²) in [6.07, 6.45) is 0. The molecule has 3 N–H and O–H groups in total. The number of aromatic hydroxyl groups is 1. The SMILES string of the molecule is Cl.O=c1[nH][nH]c(-c2ccccc2)c1O. The number of rotatable bonds is 1. The van der Waals surface area contributed by atoms with Crippen LogP contribution in [0.1, 0.15) is 0 Å². The predicted octanol–water partition coefficient (Wildman–Crippen LogP) is 1.50. The van der Waals surface area contributed by atoms with Crippen LogP contribution in [-0.4, -0.2) is 15.3 Å². The van der Waals surface area contributed by atoms with Crippen molar-refractivity contribution in [3.05, 3.63) is 40.7 Å². The lowest BCUT2D eigenvalue weighted by Gasteiger charge is -1.95. The minimum Gasteiger partial charge on any atom is -0.501 e. The Morgan fingerprint density at radius 2 is 1.71 bits per heavy atom. The van der Waals surface area contributed by atoms with Crippen molar-refractivity contribution in [2.24, 2.45) is 0 Å². The van der Waals surface area contributed by atoms with Crippen molar-refractivity contribution >= 4 is 12.4 Å². The van der Waals surface area contributed by atoms with E-state index in [1.807, 2.05) is 18.2 Å². The van der Waals surface area contributed by atoms with Gasteiger partial charge >= 0.3 is 5.56 Å². The lowest BCUT2D eigenvalue weighted by atomic mass is 10.1. The minimum absolute atomic E-state index is 0. The van der Waals surface area contributed by atoms with Gasteiger partial charge < -0.3 is 5.11 Å². The van der Waals surface area contributed by atoms with Gasteiger partial charge in [-0.3, -0.25) is 15.0 Å². The monoisotopic (exact) mass is 212 g/mol. The van der Waals surface area contributed by atoms with E-state index in [0.29, 0.717) is 5.69 Å². The highest BCUT2D eigenvalue weighted by Crippen LogP contribution is 2.21. The normalized spacial score (nSPS) is 9.43. The van der Waals surface area contributed by atoms with Crippen molar-refractivity contribution < 1.29 is 5.11 Å². The highest BCUT2D eigenvalue weighted by atomic mass is 35.5. The van der Waals surface area contributed by atoms with Crippen LogP contribution in [0.5, 0.6) is 5.75 Å². The molecule has 0 unspecified atom stereocenters. The second kappa shape index (κ2) is 4.02. The number of hydrogen-bond donors (Lipinski definition) is 3. The molecule has 0 aliphatic carbocycles. The number of halogens is 1. The lowest BCUT2D eigenvalue weighted by Crippen LogP contribution is -1.96. The average molecular weight is 213 g/mol. The standard InChI is InChI=1S/C9H8N2O2.ClH/c12-8-7(10-11-9(8)13)6-4-2-1-3-5-6;/h1-5,12H,(H2,10,11,13);1H. The molecule has 74 valence electrons. The van der Waals surface area contributed by atoms with Crippen molar-refractivity contribution in [3.8, 4) is 17.0 Å². The molecule has 0 saturated heterocycles. The van der Waals surface area contributed by atoms with E-state index in [2.05, 4.69) is 10.2 Å². The molecule has 0 aliphatic rings. The Labute approximate surface area is 86.0 Å². The Kier molecular flexibility index (Phi) is 2.99. The van der Waals surface area contributed by atoms with Crippen LogP contribution in [0, 0.1) is 0 Å². The van der Waals surface area contributed by atoms with Gasteiger partial charge in [-0.1, -0.05) is 30.3 Å². The quantitative estimate of drug-likeness (QED) is 0.671. The maximum absolute atomic E-state index is 10.9. The van der Waals surface area contributed by atoms with Gasteiger partial charge in [0.2, 0.25) is 5.75 Å². The van der Waals surface area contributed by atoms with Gasteiger partial charge in [0.05, 0.1) is 0 Å². The van der Waals surface area contributed by atoms with Gasteiger partial charge in [-0.15, -0.1) is 12.4 Å². The van der Waals surface area contributed by atoms with E-state index >= 15 is 0 Å². The van der Waals surface area contributed by atoms with Crippen LogP contribution in [0.4, 0.5) is 0 Å². The first-order chi connectivity index (χ1) is 6.29. The van der Waals surface area contributed by atoms with Crippen LogP contribution in [0.2, 0.25) is 0 Å². The molecule has 1 aromatic heterocycles. The molecule has 0 atom stereocenters. The molecule has 0 bridgehead atoms. The van der Waals surface area contributed by atoms with Gasteiger partial charge in [0, 0.05) is 5.56 Å². The Morgan fingerprint density at radius 3 is 2.21 bits per heavy atom. The van der Waals surface area contributed by atoms with Gasteiger partial charge in [-0.05, 0) is 0 Å². The minimum atomic E-state index is -0.501. The Morgan fingerprint density at radius 1 is 1.07 bits per heavy atom. The van der Waals surface area contributed by atoms with Gasteiger partial charge in [0.1, 0.15) is 5.69 Å². The summed E-state index contributed by atoms with van der Waals surface area (Å²) < 4.78 is 0. The fraction of sp³-hybridized carbons (Fsp3) is 0. The molecule has 0 spiro atoms. The molecule has 2 aromatic rings. The van der Waals surface area contributed by atoms with Crippen molar-refractivity contribution in [1.29, 1.82) is 0 Å². The third-order valence-corrected chi connectivity index (χ3v) is 1.82. The number of nitrogens with one attached hydrogen (secondary N) is 2. The van der Waals surface area contributed by atoms with Crippen LogP contribution in [0.15, 0.2) is 35.1 Å². The van der Waals surface area contributed by atoms with E-state index in [1.165, 1.54) is 0 Å². The summed E-state index contributed by atoms with van der Waals surface area (Å²) in [5, 5.41) is 14.2. The van der Waals surface area contributed by atoms with Gasteiger partial charge in [-0.2, -0.15) is 0 Å².